The van der Waals surface area contributed by atoms with E-state index < -0.39 is 0 Å². The fourth-order valence-electron chi connectivity index (χ4n) is 3.09. The third-order valence-electron chi connectivity index (χ3n) is 4.04. The molecule has 2 aromatic heterocycles. The van der Waals surface area contributed by atoms with Crippen LogP contribution in [0.5, 0.6) is 0 Å². The predicted molar refractivity (Wildman–Crippen MR) is 75.9 cm³/mol. The molecule has 1 radical (unpaired) electrons. The van der Waals surface area contributed by atoms with Gasteiger partial charge in [0.15, 0.2) is 0 Å². The van der Waals surface area contributed by atoms with Crippen LogP contribution in [0.1, 0.15) is 25.1 Å². The number of hydrogen-bond donors (Lipinski definition) is 0. The summed E-state index contributed by atoms with van der Waals surface area (Å²) in [4.78, 5) is 9.16. The smallest absolute Gasteiger partial charge is 0.0167 e. The molecule has 2 nitrogen and oxygen atoms in total. The second-order valence-electron chi connectivity index (χ2n) is 5.50. The van der Waals surface area contributed by atoms with Crippen molar-refractivity contribution in [3.05, 3.63) is 60.0 Å². The summed E-state index contributed by atoms with van der Waals surface area (Å²) >= 11 is 0. The van der Waals surface area contributed by atoms with Gasteiger partial charge in [-0.3, -0.25) is 0 Å². The van der Waals surface area contributed by atoms with E-state index in [4.69, 9.17) is 0 Å². The van der Waals surface area contributed by atoms with E-state index >= 15 is 0 Å². The number of aromatic nitrogens is 2. The molecule has 1 aliphatic rings. The topological polar surface area (TPSA) is 25.8 Å². The van der Waals surface area contributed by atoms with Crippen molar-refractivity contribution in [1.29, 1.82) is 0 Å². The molecule has 20 heavy (non-hydrogen) atoms. The average molecular weight is 438 g/mol. The Morgan fingerprint density at radius 2 is 1.90 bits per heavy atom. The number of hydrogen-bond acceptors (Lipinski definition) is 2. The minimum absolute atomic E-state index is 0. The van der Waals surface area contributed by atoms with E-state index in [1.54, 1.807) is 0 Å². The maximum absolute atomic E-state index is 4.59. The van der Waals surface area contributed by atoms with Crippen LogP contribution in [0.2, 0.25) is 0 Å². The first kappa shape index (κ1) is 13.4. The number of benzene rings is 1. The summed E-state index contributed by atoms with van der Waals surface area (Å²) < 4.78 is 0. The van der Waals surface area contributed by atoms with Gasteiger partial charge >= 0.3 is 0 Å². The predicted octanol–water partition coefficient (Wildman–Crippen LogP) is 3.73. The Balaban J connectivity index is 0.00000121. The largest absolute Gasteiger partial charge is 0.356 e. The van der Waals surface area contributed by atoms with E-state index in [9.17, 15) is 0 Å². The van der Waals surface area contributed by atoms with Crippen LogP contribution in [-0.2, 0) is 25.5 Å². The van der Waals surface area contributed by atoms with Gasteiger partial charge in [0.1, 0.15) is 0 Å². The number of rotatable bonds is 0. The molecule has 3 aromatic rings. The molecule has 0 saturated heterocycles. The van der Waals surface area contributed by atoms with E-state index in [-0.39, 0.29) is 25.5 Å². The van der Waals surface area contributed by atoms with Crippen LogP contribution >= 0.6 is 0 Å². The SMILES string of the molecule is CC1(C)c2ncc[c-]c2-c2nccc3cccc1c23.[Ir]. The Morgan fingerprint density at radius 1 is 1.05 bits per heavy atom. The van der Waals surface area contributed by atoms with Gasteiger partial charge in [-0.05, 0) is 39.2 Å². The van der Waals surface area contributed by atoms with Crippen molar-refractivity contribution < 1.29 is 20.1 Å². The molecule has 0 bridgehead atoms. The van der Waals surface area contributed by atoms with E-state index in [2.05, 4.69) is 54.1 Å². The number of fused-ring (bicyclic) bond motifs is 2. The number of pyridine rings is 2. The van der Waals surface area contributed by atoms with Crippen LogP contribution in [0.3, 0.4) is 0 Å². The van der Waals surface area contributed by atoms with Crippen LogP contribution in [0.25, 0.3) is 22.0 Å². The molecular weight excluding hydrogens is 424 g/mol. The quantitative estimate of drug-likeness (QED) is 0.501. The van der Waals surface area contributed by atoms with Gasteiger partial charge in [-0.2, -0.15) is 0 Å². The monoisotopic (exact) mass is 438 g/mol. The summed E-state index contributed by atoms with van der Waals surface area (Å²) in [5, 5.41) is 2.48. The Labute approximate surface area is 131 Å². The first-order chi connectivity index (χ1) is 9.19. The first-order valence-electron chi connectivity index (χ1n) is 6.45. The molecule has 0 saturated carbocycles. The van der Waals surface area contributed by atoms with Gasteiger partial charge in [-0.25, -0.2) is 0 Å². The maximum Gasteiger partial charge on any atom is 0.0167 e. The van der Waals surface area contributed by atoms with Crippen molar-refractivity contribution in [3.8, 4) is 11.3 Å². The normalized spacial score (nSPS) is 14.5. The fraction of sp³-hybridized carbons (Fsp3) is 0.176. The third-order valence-corrected chi connectivity index (χ3v) is 4.04. The molecular formula is C17H13IrN2-. The van der Waals surface area contributed by atoms with Crippen molar-refractivity contribution in [2.45, 2.75) is 19.3 Å². The van der Waals surface area contributed by atoms with Crippen molar-refractivity contribution in [2.75, 3.05) is 0 Å². The zero-order valence-electron chi connectivity index (χ0n) is 11.3. The van der Waals surface area contributed by atoms with Crippen LogP contribution in [-0.4, -0.2) is 9.97 Å². The molecule has 0 aliphatic heterocycles. The Morgan fingerprint density at radius 3 is 2.75 bits per heavy atom. The zero-order valence-corrected chi connectivity index (χ0v) is 13.7. The van der Waals surface area contributed by atoms with Gasteiger partial charge in [0, 0.05) is 26.3 Å². The third kappa shape index (κ3) is 1.60. The van der Waals surface area contributed by atoms with E-state index in [0.29, 0.717) is 0 Å². The van der Waals surface area contributed by atoms with Gasteiger partial charge in [-0.1, -0.05) is 38.2 Å². The van der Waals surface area contributed by atoms with Gasteiger partial charge in [0.2, 0.25) is 0 Å². The molecule has 4 rings (SSSR count). The first-order valence-corrected chi connectivity index (χ1v) is 6.45. The molecule has 0 atom stereocenters. The Hall–Kier alpha value is -1.57. The summed E-state index contributed by atoms with van der Waals surface area (Å²) in [6.45, 7) is 4.44. The van der Waals surface area contributed by atoms with Gasteiger partial charge in [0.25, 0.3) is 0 Å². The minimum Gasteiger partial charge on any atom is -0.356 e. The fourth-order valence-corrected chi connectivity index (χ4v) is 3.09. The van der Waals surface area contributed by atoms with Crippen LogP contribution in [0.4, 0.5) is 0 Å². The summed E-state index contributed by atoms with van der Waals surface area (Å²) in [5.74, 6) is 0. The molecule has 101 valence electrons. The van der Waals surface area contributed by atoms with Crippen LogP contribution in [0.15, 0.2) is 42.7 Å². The molecule has 3 heteroatoms. The van der Waals surface area contributed by atoms with E-state index in [1.165, 1.54) is 16.3 Å². The van der Waals surface area contributed by atoms with Gasteiger partial charge < -0.3 is 9.97 Å². The molecule has 1 aliphatic carbocycles. The summed E-state index contributed by atoms with van der Waals surface area (Å²) in [6, 6.07) is 13.7. The van der Waals surface area contributed by atoms with E-state index in [0.717, 1.165) is 17.0 Å². The summed E-state index contributed by atoms with van der Waals surface area (Å²) in [6.07, 6.45) is 3.68. The maximum atomic E-state index is 4.59. The van der Waals surface area contributed by atoms with E-state index in [1.807, 2.05) is 18.5 Å². The summed E-state index contributed by atoms with van der Waals surface area (Å²) in [7, 11) is 0. The molecule has 0 fully saturated rings. The molecule has 0 spiro atoms. The minimum atomic E-state index is -0.108. The van der Waals surface area contributed by atoms with Crippen molar-refractivity contribution in [2.24, 2.45) is 0 Å². The molecule has 1 aromatic carbocycles. The Bertz CT molecular complexity index is 804. The average Bonchev–Trinajstić information content (AvgIpc) is 2.45. The molecule has 0 amide bonds. The van der Waals surface area contributed by atoms with Gasteiger partial charge in [-0.15, -0.1) is 17.7 Å². The number of nitrogens with zero attached hydrogens (tertiary/aromatic N) is 2. The van der Waals surface area contributed by atoms with Crippen molar-refractivity contribution in [3.63, 3.8) is 0 Å². The molecule has 0 N–H and O–H groups in total. The van der Waals surface area contributed by atoms with Crippen molar-refractivity contribution >= 4 is 10.8 Å². The molecule has 2 heterocycles. The van der Waals surface area contributed by atoms with Crippen LogP contribution in [0, 0.1) is 6.07 Å². The molecule has 0 unspecified atom stereocenters. The zero-order chi connectivity index (χ0) is 13.0. The Kier molecular flexibility index (Phi) is 3.00. The van der Waals surface area contributed by atoms with Crippen molar-refractivity contribution in [1.82, 2.24) is 9.97 Å². The summed E-state index contributed by atoms with van der Waals surface area (Å²) in [5.41, 5.74) is 4.30. The second-order valence-corrected chi connectivity index (χ2v) is 5.50. The second kappa shape index (κ2) is 4.47. The van der Waals surface area contributed by atoms with Crippen LogP contribution < -0.4 is 0 Å². The van der Waals surface area contributed by atoms with Gasteiger partial charge in [0.05, 0.1) is 0 Å². The standard InChI is InChI=1S/C17H13N2.Ir/c1-17(2)13-7-3-5-11-8-10-18-15(14(11)13)12-6-4-9-19-16(12)17;/h3-5,7-10H,1-2H3;/q-1;.